The Morgan fingerprint density at radius 2 is 2.10 bits per heavy atom. The molecular weight excluding hydrogens is 270 g/mol. The van der Waals surface area contributed by atoms with Crippen molar-refractivity contribution in [2.24, 2.45) is 13.0 Å². The molecule has 0 saturated heterocycles. The van der Waals surface area contributed by atoms with Gasteiger partial charge in [-0.25, -0.2) is 0 Å². The molecule has 0 aromatic carbocycles. The number of hydrogen-bond donors (Lipinski definition) is 1. The van der Waals surface area contributed by atoms with Crippen LogP contribution in [-0.4, -0.2) is 34.8 Å². The molecule has 0 bridgehead atoms. The second-order valence-corrected chi connectivity index (χ2v) is 5.29. The molecule has 0 spiro atoms. The second kappa shape index (κ2) is 7.06. The number of carbonyl (C=O) groups excluding carboxylic acids is 2. The summed E-state index contributed by atoms with van der Waals surface area (Å²) < 4.78 is 6.45. The van der Waals surface area contributed by atoms with Crippen molar-refractivity contribution in [2.75, 3.05) is 7.11 Å². The van der Waals surface area contributed by atoms with Crippen LogP contribution in [0.4, 0.5) is 0 Å². The number of aryl methyl sites for hydroxylation is 1. The predicted octanol–water partition coefficient (Wildman–Crippen LogP) is 1.28. The lowest BCUT2D eigenvalue weighted by Gasteiger charge is -2.27. The predicted molar refractivity (Wildman–Crippen MR) is 78.1 cm³/mol. The van der Waals surface area contributed by atoms with Gasteiger partial charge in [0.15, 0.2) is 0 Å². The summed E-state index contributed by atoms with van der Waals surface area (Å²) in [5, 5.41) is 7.00. The van der Waals surface area contributed by atoms with Crippen LogP contribution in [0, 0.1) is 5.92 Å². The van der Waals surface area contributed by atoms with E-state index in [4.69, 9.17) is 4.74 Å². The van der Waals surface area contributed by atoms with E-state index in [0.29, 0.717) is 0 Å². The van der Waals surface area contributed by atoms with Gasteiger partial charge in [-0.05, 0) is 37.8 Å². The minimum Gasteiger partial charge on any atom is -0.469 e. The van der Waals surface area contributed by atoms with Gasteiger partial charge in [-0.15, -0.1) is 0 Å². The van der Waals surface area contributed by atoms with E-state index in [0.717, 1.165) is 31.4 Å². The first-order chi connectivity index (χ1) is 10.1. The first-order valence-electron chi connectivity index (χ1n) is 7.14. The third-order valence-electron chi connectivity index (χ3n) is 3.87. The Bertz CT molecular complexity index is 528. The fourth-order valence-corrected chi connectivity index (χ4v) is 2.60. The minimum atomic E-state index is -0.143. The number of methoxy groups -OCH3 is 1. The zero-order chi connectivity index (χ0) is 15.2. The molecule has 1 aliphatic carbocycles. The maximum absolute atomic E-state index is 11.9. The van der Waals surface area contributed by atoms with Crippen molar-refractivity contribution in [3.05, 3.63) is 24.0 Å². The number of esters is 1. The summed E-state index contributed by atoms with van der Waals surface area (Å²) in [6, 6.07) is 1.97. The lowest BCUT2D eigenvalue weighted by Crippen LogP contribution is -2.38. The van der Waals surface area contributed by atoms with Crippen LogP contribution >= 0.6 is 0 Å². The summed E-state index contributed by atoms with van der Waals surface area (Å²) in [5.74, 6) is -0.276. The molecule has 0 aliphatic heterocycles. The summed E-state index contributed by atoms with van der Waals surface area (Å²) in [7, 11) is 3.24. The molecule has 1 amide bonds. The first kappa shape index (κ1) is 15.3. The Labute approximate surface area is 124 Å². The smallest absolute Gasteiger partial charge is 0.308 e. The highest BCUT2D eigenvalue weighted by Crippen LogP contribution is 2.25. The van der Waals surface area contributed by atoms with Gasteiger partial charge in [0.2, 0.25) is 5.91 Å². The Kier molecular flexibility index (Phi) is 5.14. The highest BCUT2D eigenvalue weighted by atomic mass is 16.5. The van der Waals surface area contributed by atoms with Gasteiger partial charge in [0.25, 0.3) is 0 Å². The number of nitrogens with one attached hydrogen (secondary N) is 1. The van der Waals surface area contributed by atoms with Gasteiger partial charge < -0.3 is 10.1 Å². The third-order valence-corrected chi connectivity index (χ3v) is 3.87. The Hall–Kier alpha value is -2.11. The molecule has 1 aromatic rings. The van der Waals surface area contributed by atoms with E-state index in [1.165, 1.54) is 13.2 Å². The molecule has 6 nitrogen and oxygen atoms in total. The fraction of sp³-hybridized carbons (Fsp3) is 0.533. The van der Waals surface area contributed by atoms with E-state index in [-0.39, 0.29) is 23.8 Å². The average Bonchev–Trinajstić information content (AvgIpc) is 2.90. The summed E-state index contributed by atoms with van der Waals surface area (Å²) in [4.78, 5) is 23.3. The zero-order valence-corrected chi connectivity index (χ0v) is 12.4. The van der Waals surface area contributed by atoms with E-state index in [1.54, 1.807) is 17.0 Å². The number of aromatic nitrogens is 2. The van der Waals surface area contributed by atoms with E-state index in [9.17, 15) is 9.59 Å². The minimum absolute atomic E-state index is 0.0202. The van der Waals surface area contributed by atoms with Gasteiger partial charge in [-0.2, -0.15) is 5.10 Å². The fourth-order valence-electron chi connectivity index (χ4n) is 2.60. The molecule has 21 heavy (non-hydrogen) atoms. The van der Waals surface area contributed by atoms with Crippen LogP contribution in [0.3, 0.4) is 0 Å². The Morgan fingerprint density at radius 1 is 1.38 bits per heavy atom. The molecule has 1 heterocycles. The van der Waals surface area contributed by atoms with E-state index in [1.807, 2.05) is 13.1 Å². The van der Waals surface area contributed by atoms with Crippen LogP contribution < -0.4 is 5.32 Å². The first-order valence-corrected chi connectivity index (χ1v) is 7.14. The quantitative estimate of drug-likeness (QED) is 0.670. The van der Waals surface area contributed by atoms with Crippen molar-refractivity contribution in [2.45, 2.75) is 31.7 Å². The van der Waals surface area contributed by atoms with Gasteiger partial charge in [-0.1, -0.05) is 0 Å². The lowest BCUT2D eigenvalue weighted by atomic mass is 9.86. The second-order valence-electron chi connectivity index (χ2n) is 5.29. The molecule has 1 fully saturated rings. The van der Waals surface area contributed by atoms with Gasteiger partial charge in [0.05, 0.1) is 18.7 Å². The topological polar surface area (TPSA) is 73.2 Å². The van der Waals surface area contributed by atoms with Crippen molar-refractivity contribution < 1.29 is 14.3 Å². The summed E-state index contributed by atoms with van der Waals surface area (Å²) in [6.45, 7) is 0. The van der Waals surface area contributed by atoms with Gasteiger partial charge >= 0.3 is 5.97 Å². The normalized spacial score (nSPS) is 22.2. The van der Waals surface area contributed by atoms with Crippen molar-refractivity contribution in [3.63, 3.8) is 0 Å². The van der Waals surface area contributed by atoms with E-state index >= 15 is 0 Å². The third kappa shape index (κ3) is 4.18. The number of ether oxygens (including phenoxy) is 1. The molecule has 0 atom stereocenters. The number of carbonyl (C=O) groups is 2. The maximum Gasteiger partial charge on any atom is 0.308 e. The van der Waals surface area contributed by atoms with Gasteiger partial charge in [0.1, 0.15) is 0 Å². The highest BCUT2D eigenvalue weighted by molar-refractivity contribution is 5.91. The number of amides is 1. The number of nitrogens with zero attached hydrogens (tertiary/aromatic N) is 2. The van der Waals surface area contributed by atoms with E-state index in [2.05, 4.69) is 10.4 Å². The van der Waals surface area contributed by atoms with Gasteiger partial charge in [-0.3, -0.25) is 14.3 Å². The highest BCUT2D eigenvalue weighted by Gasteiger charge is 2.27. The molecule has 114 valence electrons. The molecule has 6 heteroatoms. The van der Waals surface area contributed by atoms with Crippen molar-refractivity contribution in [3.8, 4) is 0 Å². The van der Waals surface area contributed by atoms with Crippen LogP contribution in [0.2, 0.25) is 0 Å². The molecule has 1 saturated carbocycles. The maximum atomic E-state index is 11.9. The molecule has 0 radical (unpaired) electrons. The largest absolute Gasteiger partial charge is 0.469 e. The summed E-state index contributed by atoms with van der Waals surface area (Å²) in [6.07, 6.45) is 8.10. The standard InChI is InChI=1S/C15H21N3O3/c1-18-13(9-10-16-18)7-8-14(19)17-12-5-3-11(4-6-12)15(20)21-2/h7-12H,3-6H2,1-2H3,(H,17,19)/b8-7+. The number of rotatable bonds is 4. The monoisotopic (exact) mass is 291 g/mol. The summed E-state index contributed by atoms with van der Waals surface area (Å²) in [5.41, 5.74) is 0.875. The van der Waals surface area contributed by atoms with Crippen LogP contribution in [0.5, 0.6) is 0 Å². The van der Waals surface area contributed by atoms with Crippen LogP contribution in [-0.2, 0) is 21.4 Å². The van der Waals surface area contributed by atoms with Gasteiger partial charge in [0, 0.05) is 25.4 Å². The lowest BCUT2D eigenvalue weighted by molar-refractivity contribution is -0.146. The van der Waals surface area contributed by atoms with E-state index < -0.39 is 0 Å². The molecule has 1 aliphatic rings. The van der Waals surface area contributed by atoms with Crippen molar-refractivity contribution in [1.82, 2.24) is 15.1 Å². The van der Waals surface area contributed by atoms with Crippen LogP contribution in [0.1, 0.15) is 31.4 Å². The van der Waals surface area contributed by atoms with Crippen molar-refractivity contribution >= 4 is 18.0 Å². The number of hydrogen-bond acceptors (Lipinski definition) is 4. The SMILES string of the molecule is COC(=O)C1CCC(NC(=O)/C=C/c2ccnn2C)CC1. The van der Waals surface area contributed by atoms with Crippen LogP contribution in [0.15, 0.2) is 18.3 Å². The zero-order valence-electron chi connectivity index (χ0n) is 12.4. The molecule has 0 unspecified atom stereocenters. The van der Waals surface area contributed by atoms with Crippen molar-refractivity contribution in [1.29, 1.82) is 0 Å². The van der Waals surface area contributed by atoms with Crippen LogP contribution in [0.25, 0.3) is 6.08 Å². The Balaban J connectivity index is 1.78. The molecule has 1 aromatic heterocycles. The molecule has 2 rings (SSSR count). The molecular formula is C15H21N3O3. The average molecular weight is 291 g/mol. The molecule has 1 N–H and O–H groups in total. The Morgan fingerprint density at radius 3 is 2.67 bits per heavy atom. The summed E-state index contributed by atoms with van der Waals surface area (Å²) >= 11 is 0.